The molecule has 3 atom stereocenters. The first kappa shape index (κ1) is 28.5. The standard InChI is InChI=1S/C27H34F3N3O4S/c1-4-38(35,36)22-8-7-21(31-13-22)12-32-26(34)19-6-9-23-20(11-19)15-33(25(23)17(2)3)14-18-5-10-24(37-16-18)27(28,29)30/h6-9,11,13,17-18,24-25H,4-5,10,12,14-16H2,1-3H3,(H,32,34)/t18?,24?,25-/m0/s1. The maximum atomic E-state index is 13.0. The number of nitrogens with one attached hydrogen (secondary N) is 1. The molecule has 0 bridgehead atoms. The molecule has 4 rings (SSSR count). The molecule has 7 nitrogen and oxygen atoms in total. The number of carbonyl (C=O) groups excluding carboxylic acids is 1. The lowest BCUT2D eigenvalue weighted by molar-refractivity contribution is -0.236. The van der Waals surface area contributed by atoms with E-state index in [0.29, 0.717) is 30.8 Å². The van der Waals surface area contributed by atoms with E-state index in [1.165, 1.54) is 12.3 Å². The molecule has 0 radical (unpaired) electrons. The van der Waals surface area contributed by atoms with Gasteiger partial charge in [-0.3, -0.25) is 14.7 Å². The van der Waals surface area contributed by atoms with Crippen molar-refractivity contribution in [2.24, 2.45) is 11.8 Å². The van der Waals surface area contributed by atoms with Gasteiger partial charge in [0.1, 0.15) is 0 Å². The molecule has 2 aliphatic heterocycles. The Bertz CT molecular complexity index is 1240. The number of halogens is 3. The van der Waals surface area contributed by atoms with Crippen molar-refractivity contribution in [2.45, 2.75) is 69.9 Å². The third-order valence-electron chi connectivity index (χ3n) is 7.32. The van der Waals surface area contributed by atoms with Crippen LogP contribution in [0.15, 0.2) is 41.4 Å². The summed E-state index contributed by atoms with van der Waals surface area (Å²) < 4.78 is 67.9. The number of alkyl halides is 3. The summed E-state index contributed by atoms with van der Waals surface area (Å²) in [6.45, 7) is 7.31. The number of amides is 1. The molecule has 1 aromatic carbocycles. The van der Waals surface area contributed by atoms with E-state index in [0.717, 1.165) is 11.1 Å². The summed E-state index contributed by atoms with van der Waals surface area (Å²) in [5, 5.41) is 2.83. The summed E-state index contributed by atoms with van der Waals surface area (Å²) in [7, 11) is -3.33. The maximum absolute atomic E-state index is 13.0. The SMILES string of the molecule is CCS(=O)(=O)c1ccc(CNC(=O)c2ccc3c(c2)CN(CC2CCC(C(F)(F)F)OC2)[C@H]3C(C)C)nc1. The van der Waals surface area contributed by atoms with Crippen molar-refractivity contribution in [3.8, 4) is 0 Å². The van der Waals surface area contributed by atoms with E-state index in [9.17, 15) is 26.4 Å². The van der Waals surface area contributed by atoms with Crippen molar-refractivity contribution in [3.63, 3.8) is 0 Å². The predicted octanol–water partition coefficient (Wildman–Crippen LogP) is 4.68. The zero-order chi connectivity index (χ0) is 27.7. The zero-order valence-electron chi connectivity index (χ0n) is 21.8. The summed E-state index contributed by atoms with van der Waals surface area (Å²) in [4.78, 5) is 19.5. The highest BCUT2D eigenvalue weighted by molar-refractivity contribution is 7.91. The fourth-order valence-corrected chi connectivity index (χ4v) is 6.15. The van der Waals surface area contributed by atoms with Gasteiger partial charge in [-0.1, -0.05) is 26.8 Å². The van der Waals surface area contributed by atoms with Crippen molar-refractivity contribution in [2.75, 3.05) is 18.9 Å². The first-order chi connectivity index (χ1) is 17.9. The molecule has 1 N–H and O–H groups in total. The lowest BCUT2D eigenvalue weighted by Crippen LogP contribution is -2.41. The van der Waals surface area contributed by atoms with Gasteiger partial charge < -0.3 is 10.1 Å². The minimum absolute atomic E-state index is 0.00879. The average Bonchev–Trinajstić information content (AvgIpc) is 3.24. The number of ether oxygens (including phenoxy) is 1. The number of carbonyl (C=O) groups is 1. The number of benzene rings is 1. The first-order valence-corrected chi connectivity index (χ1v) is 14.5. The van der Waals surface area contributed by atoms with E-state index in [1.807, 2.05) is 12.1 Å². The molecule has 1 fully saturated rings. The molecule has 0 spiro atoms. The van der Waals surface area contributed by atoms with E-state index in [-0.39, 0.29) is 54.0 Å². The van der Waals surface area contributed by atoms with Crippen molar-refractivity contribution in [1.29, 1.82) is 0 Å². The number of pyridine rings is 1. The molecule has 0 aliphatic carbocycles. The van der Waals surface area contributed by atoms with Gasteiger partial charge in [0.15, 0.2) is 15.9 Å². The molecule has 208 valence electrons. The molecule has 2 aromatic rings. The average molecular weight is 554 g/mol. The number of aromatic nitrogens is 1. The molecule has 11 heteroatoms. The summed E-state index contributed by atoms with van der Waals surface area (Å²) >= 11 is 0. The number of sulfone groups is 1. The molecule has 1 amide bonds. The Labute approximate surface area is 221 Å². The lowest BCUT2D eigenvalue weighted by Gasteiger charge is -2.35. The molecule has 2 unspecified atom stereocenters. The fraction of sp³-hybridized carbons (Fsp3) is 0.556. The van der Waals surface area contributed by atoms with Gasteiger partial charge in [-0.15, -0.1) is 0 Å². The summed E-state index contributed by atoms with van der Waals surface area (Å²) in [5.74, 6) is 0.0378. The normalized spacial score (nSPS) is 22.4. The Morgan fingerprint density at radius 3 is 2.55 bits per heavy atom. The van der Waals surface area contributed by atoms with Gasteiger partial charge in [0, 0.05) is 30.9 Å². The van der Waals surface area contributed by atoms with E-state index >= 15 is 0 Å². The monoisotopic (exact) mass is 553 g/mol. The smallest absolute Gasteiger partial charge is 0.368 e. The van der Waals surface area contributed by atoms with Crippen LogP contribution in [0, 0.1) is 11.8 Å². The third-order valence-corrected chi connectivity index (χ3v) is 9.04. The van der Waals surface area contributed by atoms with E-state index in [1.54, 1.807) is 19.1 Å². The van der Waals surface area contributed by atoms with Crippen LogP contribution in [0.25, 0.3) is 0 Å². The maximum Gasteiger partial charge on any atom is 0.414 e. The second-order valence-electron chi connectivity index (χ2n) is 10.4. The highest BCUT2D eigenvalue weighted by atomic mass is 32.2. The van der Waals surface area contributed by atoms with Crippen molar-refractivity contribution < 1.29 is 31.1 Å². The van der Waals surface area contributed by atoms with E-state index in [2.05, 4.69) is 29.0 Å². The van der Waals surface area contributed by atoms with E-state index < -0.39 is 22.1 Å². The van der Waals surface area contributed by atoms with Crippen LogP contribution in [0.5, 0.6) is 0 Å². The minimum Gasteiger partial charge on any atom is -0.368 e. The predicted molar refractivity (Wildman–Crippen MR) is 136 cm³/mol. The second-order valence-corrected chi connectivity index (χ2v) is 12.7. The Kier molecular flexibility index (Phi) is 8.49. The van der Waals surface area contributed by atoms with Crippen LogP contribution in [0.1, 0.15) is 66.8 Å². The van der Waals surface area contributed by atoms with Crippen LogP contribution in [-0.4, -0.2) is 55.4 Å². The molecule has 2 aliphatic rings. The first-order valence-electron chi connectivity index (χ1n) is 12.9. The van der Waals surface area contributed by atoms with Gasteiger partial charge in [0.25, 0.3) is 5.91 Å². The Morgan fingerprint density at radius 2 is 1.97 bits per heavy atom. The van der Waals surface area contributed by atoms with Crippen molar-refractivity contribution >= 4 is 15.7 Å². The summed E-state index contributed by atoms with van der Waals surface area (Å²) in [6, 6.07) is 8.82. The Morgan fingerprint density at radius 1 is 1.21 bits per heavy atom. The number of fused-ring (bicyclic) bond motifs is 1. The van der Waals surface area contributed by atoms with Crippen LogP contribution < -0.4 is 5.32 Å². The number of hydrogen-bond donors (Lipinski definition) is 1. The van der Waals surface area contributed by atoms with E-state index in [4.69, 9.17) is 4.74 Å². The number of nitrogens with zero attached hydrogens (tertiary/aromatic N) is 2. The molecular formula is C27H34F3N3O4S. The Balaban J connectivity index is 1.38. The number of hydrogen-bond acceptors (Lipinski definition) is 6. The minimum atomic E-state index is -4.32. The van der Waals surface area contributed by atoms with Crippen LogP contribution in [-0.2, 0) is 27.7 Å². The summed E-state index contributed by atoms with van der Waals surface area (Å²) in [5.41, 5.74) is 3.22. The highest BCUT2D eigenvalue weighted by Crippen LogP contribution is 2.41. The van der Waals surface area contributed by atoms with Gasteiger partial charge in [0.2, 0.25) is 0 Å². The second kappa shape index (κ2) is 11.3. The molecule has 38 heavy (non-hydrogen) atoms. The molecular weight excluding hydrogens is 519 g/mol. The van der Waals surface area contributed by atoms with Gasteiger partial charge in [-0.25, -0.2) is 8.42 Å². The van der Waals surface area contributed by atoms with Crippen LogP contribution in [0.3, 0.4) is 0 Å². The van der Waals surface area contributed by atoms with Gasteiger partial charge >= 0.3 is 6.18 Å². The largest absolute Gasteiger partial charge is 0.414 e. The van der Waals surface area contributed by atoms with Crippen LogP contribution in [0.2, 0.25) is 0 Å². The van der Waals surface area contributed by atoms with Crippen LogP contribution in [0.4, 0.5) is 13.2 Å². The van der Waals surface area contributed by atoms with Gasteiger partial charge in [0.05, 0.1) is 29.5 Å². The van der Waals surface area contributed by atoms with Crippen molar-refractivity contribution in [1.82, 2.24) is 15.2 Å². The highest BCUT2D eigenvalue weighted by Gasteiger charge is 2.43. The summed E-state index contributed by atoms with van der Waals surface area (Å²) in [6.07, 6.45) is -4.24. The topological polar surface area (TPSA) is 88.6 Å². The third kappa shape index (κ3) is 6.38. The number of rotatable bonds is 8. The molecule has 1 saturated heterocycles. The lowest BCUT2D eigenvalue weighted by atomic mass is 9.93. The van der Waals surface area contributed by atoms with Crippen LogP contribution >= 0.6 is 0 Å². The zero-order valence-corrected chi connectivity index (χ0v) is 22.6. The molecule has 3 heterocycles. The Hall–Kier alpha value is -2.50. The van der Waals surface area contributed by atoms with Crippen molar-refractivity contribution in [3.05, 3.63) is 58.9 Å². The van der Waals surface area contributed by atoms with Gasteiger partial charge in [-0.2, -0.15) is 13.2 Å². The quantitative estimate of drug-likeness (QED) is 0.511. The molecule has 1 aromatic heterocycles. The fourth-order valence-electron chi connectivity index (χ4n) is 5.32. The van der Waals surface area contributed by atoms with Gasteiger partial charge in [-0.05, 0) is 60.1 Å². The molecule has 0 saturated carbocycles.